The summed E-state index contributed by atoms with van der Waals surface area (Å²) in [7, 11) is 0. The van der Waals surface area contributed by atoms with Crippen molar-refractivity contribution < 1.29 is 4.79 Å². The van der Waals surface area contributed by atoms with Gasteiger partial charge in [0.2, 0.25) is 11.9 Å². The Labute approximate surface area is 79.9 Å². The van der Waals surface area contributed by atoms with Crippen LogP contribution in [0.25, 0.3) is 0 Å². The van der Waals surface area contributed by atoms with Crippen molar-refractivity contribution in [3.8, 4) is 0 Å². The van der Waals surface area contributed by atoms with Crippen LogP contribution >= 0.6 is 12.6 Å². The highest BCUT2D eigenvalue weighted by molar-refractivity contribution is 7.81. The molecule has 1 saturated heterocycles. The Bertz CT molecular complexity index is 338. The fourth-order valence-electron chi connectivity index (χ4n) is 1.27. The van der Waals surface area contributed by atoms with Crippen LogP contribution in [-0.2, 0) is 4.79 Å². The molecule has 1 aromatic rings. The van der Waals surface area contributed by atoms with Gasteiger partial charge in [-0.1, -0.05) is 0 Å². The van der Waals surface area contributed by atoms with E-state index in [2.05, 4.69) is 27.8 Å². The molecule has 13 heavy (non-hydrogen) atoms. The monoisotopic (exact) mass is 199 g/mol. The van der Waals surface area contributed by atoms with Crippen molar-refractivity contribution in [2.24, 2.45) is 0 Å². The molecular weight excluding hydrogens is 190 g/mol. The van der Waals surface area contributed by atoms with Gasteiger partial charge in [-0.15, -0.1) is 5.10 Å². The van der Waals surface area contributed by atoms with Crippen molar-refractivity contribution in [3.05, 3.63) is 0 Å². The number of thiol groups is 1. The van der Waals surface area contributed by atoms with E-state index in [1.807, 2.05) is 0 Å². The van der Waals surface area contributed by atoms with E-state index in [-0.39, 0.29) is 17.1 Å². The third kappa shape index (κ3) is 1.46. The summed E-state index contributed by atoms with van der Waals surface area (Å²) >= 11 is 4.21. The fourth-order valence-corrected chi connectivity index (χ4v) is 1.59. The fraction of sp³-hybridized carbons (Fsp3) is 0.500. The van der Waals surface area contributed by atoms with E-state index in [9.17, 15) is 4.79 Å². The maximum atomic E-state index is 11.3. The van der Waals surface area contributed by atoms with Crippen molar-refractivity contribution in [1.29, 1.82) is 0 Å². The molecule has 6 nitrogen and oxygen atoms in total. The number of rotatable bonds is 1. The van der Waals surface area contributed by atoms with Gasteiger partial charge >= 0.3 is 0 Å². The van der Waals surface area contributed by atoms with Crippen LogP contribution in [-0.4, -0.2) is 32.9 Å². The van der Waals surface area contributed by atoms with Crippen LogP contribution in [0.4, 0.5) is 11.9 Å². The minimum absolute atomic E-state index is 0.0148. The van der Waals surface area contributed by atoms with Crippen LogP contribution in [0.1, 0.15) is 6.42 Å². The van der Waals surface area contributed by atoms with Gasteiger partial charge in [-0.05, 0) is 0 Å². The first-order valence-electron chi connectivity index (χ1n) is 3.83. The first-order chi connectivity index (χ1) is 6.16. The lowest BCUT2D eigenvalue weighted by Gasteiger charge is -2.09. The van der Waals surface area contributed by atoms with Crippen LogP contribution in [0.2, 0.25) is 0 Å². The molecule has 0 aromatic carbocycles. The van der Waals surface area contributed by atoms with E-state index in [0.717, 1.165) is 0 Å². The van der Waals surface area contributed by atoms with Crippen LogP contribution < -0.4 is 10.6 Å². The molecule has 0 radical (unpaired) electrons. The molecule has 0 aliphatic carbocycles. The number of H-pyrrole nitrogens is 1. The summed E-state index contributed by atoms with van der Waals surface area (Å²) in [5.41, 5.74) is 5.34. The van der Waals surface area contributed by atoms with E-state index >= 15 is 0 Å². The summed E-state index contributed by atoms with van der Waals surface area (Å²) in [6, 6.07) is 0. The van der Waals surface area contributed by atoms with Crippen molar-refractivity contribution in [2.75, 3.05) is 17.2 Å². The van der Waals surface area contributed by atoms with Gasteiger partial charge in [0.25, 0.3) is 5.95 Å². The van der Waals surface area contributed by atoms with E-state index in [4.69, 9.17) is 5.73 Å². The lowest BCUT2D eigenvalue weighted by molar-refractivity contribution is -0.117. The normalized spacial score (nSPS) is 22.7. The molecule has 0 spiro atoms. The number of carbonyl (C=O) groups is 1. The molecule has 1 atom stereocenters. The Morgan fingerprint density at radius 3 is 2.92 bits per heavy atom. The van der Waals surface area contributed by atoms with Gasteiger partial charge in [0.05, 0.1) is 0 Å². The molecule has 1 aromatic heterocycles. The van der Waals surface area contributed by atoms with E-state index in [0.29, 0.717) is 18.9 Å². The predicted octanol–water partition coefficient (Wildman–Crippen LogP) is -0.578. The maximum Gasteiger partial charge on any atom is 0.253 e. The molecule has 3 N–H and O–H groups in total. The first kappa shape index (κ1) is 8.36. The SMILES string of the molecule is Nc1nc(N2CC(S)CC2=O)n[nH]1. The van der Waals surface area contributed by atoms with Crippen LogP contribution in [0, 0.1) is 0 Å². The van der Waals surface area contributed by atoms with Crippen molar-refractivity contribution >= 4 is 30.4 Å². The van der Waals surface area contributed by atoms with E-state index in [1.54, 1.807) is 0 Å². The summed E-state index contributed by atoms with van der Waals surface area (Å²) in [4.78, 5) is 16.7. The number of carbonyl (C=O) groups excluding carboxylic acids is 1. The molecule has 1 aliphatic heterocycles. The van der Waals surface area contributed by atoms with Gasteiger partial charge in [-0.3, -0.25) is 9.69 Å². The van der Waals surface area contributed by atoms with Gasteiger partial charge in [-0.2, -0.15) is 17.6 Å². The number of nitrogens with zero attached hydrogens (tertiary/aromatic N) is 3. The zero-order chi connectivity index (χ0) is 9.42. The highest BCUT2D eigenvalue weighted by atomic mass is 32.1. The van der Waals surface area contributed by atoms with Crippen LogP contribution in [0.5, 0.6) is 0 Å². The molecule has 1 aliphatic rings. The average Bonchev–Trinajstić information content (AvgIpc) is 2.58. The summed E-state index contributed by atoms with van der Waals surface area (Å²) in [5.74, 6) is 0.531. The van der Waals surface area contributed by atoms with Gasteiger partial charge in [0, 0.05) is 18.2 Å². The second-order valence-electron chi connectivity index (χ2n) is 2.88. The summed E-state index contributed by atoms with van der Waals surface area (Å²) in [6.07, 6.45) is 0.428. The molecule has 0 saturated carbocycles. The van der Waals surface area contributed by atoms with E-state index < -0.39 is 0 Å². The third-order valence-electron chi connectivity index (χ3n) is 1.84. The van der Waals surface area contributed by atoms with Gasteiger partial charge in [0.1, 0.15) is 0 Å². The second kappa shape index (κ2) is 2.91. The Balaban J connectivity index is 2.22. The molecule has 0 bridgehead atoms. The molecular formula is C6H9N5OS. The number of anilines is 2. The zero-order valence-electron chi connectivity index (χ0n) is 6.77. The number of nitrogens with two attached hydrogens (primary N) is 1. The standard InChI is InChI=1S/C6H9N5OS/c7-5-8-6(10-9-5)11-2-3(13)1-4(11)12/h3,13H,1-2H2,(H3,7,8,9,10). The maximum absolute atomic E-state index is 11.3. The molecule has 1 amide bonds. The highest BCUT2D eigenvalue weighted by Crippen LogP contribution is 2.20. The van der Waals surface area contributed by atoms with Crippen molar-refractivity contribution in [3.63, 3.8) is 0 Å². The minimum atomic E-state index is -0.0148. The minimum Gasteiger partial charge on any atom is -0.368 e. The molecule has 7 heteroatoms. The Morgan fingerprint density at radius 2 is 2.46 bits per heavy atom. The first-order valence-corrected chi connectivity index (χ1v) is 4.35. The molecule has 2 rings (SSSR count). The number of nitrogen functional groups attached to an aromatic ring is 1. The quantitative estimate of drug-likeness (QED) is 0.528. The van der Waals surface area contributed by atoms with Crippen molar-refractivity contribution in [2.45, 2.75) is 11.7 Å². The van der Waals surface area contributed by atoms with Gasteiger partial charge in [-0.25, -0.2) is 5.10 Å². The molecule has 1 fully saturated rings. The van der Waals surface area contributed by atoms with Gasteiger partial charge < -0.3 is 5.73 Å². The Hall–Kier alpha value is -1.24. The smallest absolute Gasteiger partial charge is 0.253 e. The number of nitrogens with one attached hydrogen (secondary N) is 1. The lowest BCUT2D eigenvalue weighted by Crippen LogP contribution is -2.25. The Morgan fingerprint density at radius 1 is 1.69 bits per heavy atom. The largest absolute Gasteiger partial charge is 0.368 e. The summed E-state index contributed by atoms with van der Waals surface area (Å²) in [5, 5.41) is 6.33. The summed E-state index contributed by atoms with van der Waals surface area (Å²) in [6.45, 7) is 0.541. The number of aromatic nitrogens is 3. The Kier molecular flexibility index (Phi) is 1.87. The number of aromatic amines is 1. The zero-order valence-corrected chi connectivity index (χ0v) is 7.66. The van der Waals surface area contributed by atoms with Crippen molar-refractivity contribution in [1.82, 2.24) is 15.2 Å². The van der Waals surface area contributed by atoms with Crippen LogP contribution in [0.15, 0.2) is 0 Å². The number of hydrogen-bond acceptors (Lipinski definition) is 5. The second-order valence-corrected chi connectivity index (χ2v) is 3.61. The molecule has 1 unspecified atom stereocenters. The van der Waals surface area contributed by atoms with Gasteiger partial charge in [0.15, 0.2) is 0 Å². The van der Waals surface area contributed by atoms with Crippen LogP contribution in [0.3, 0.4) is 0 Å². The highest BCUT2D eigenvalue weighted by Gasteiger charge is 2.30. The third-order valence-corrected chi connectivity index (χ3v) is 2.18. The van der Waals surface area contributed by atoms with E-state index in [1.165, 1.54) is 4.90 Å². The summed E-state index contributed by atoms with van der Waals surface area (Å²) < 4.78 is 0. The average molecular weight is 199 g/mol. The lowest BCUT2D eigenvalue weighted by atomic mass is 10.4. The number of amides is 1. The molecule has 70 valence electrons. The predicted molar refractivity (Wildman–Crippen MR) is 50.5 cm³/mol. The molecule has 2 heterocycles. The number of hydrogen-bond donors (Lipinski definition) is 3. The topological polar surface area (TPSA) is 87.9 Å².